The minimum Gasteiger partial charge on any atom is -0.508 e. The van der Waals surface area contributed by atoms with Gasteiger partial charge < -0.3 is 5.11 Å². The number of phenols is 1. The van der Waals surface area contributed by atoms with Gasteiger partial charge in [-0.3, -0.25) is 0 Å². The van der Waals surface area contributed by atoms with Crippen LogP contribution in [0.3, 0.4) is 0 Å². The zero-order valence-electron chi connectivity index (χ0n) is 9.92. The van der Waals surface area contributed by atoms with Gasteiger partial charge in [0, 0.05) is 5.56 Å². The molecule has 0 heterocycles. The van der Waals surface area contributed by atoms with Crippen molar-refractivity contribution in [3.63, 3.8) is 0 Å². The van der Waals surface area contributed by atoms with E-state index in [1.165, 1.54) is 12.1 Å². The average Bonchev–Trinajstić information content (AvgIpc) is 2.26. The summed E-state index contributed by atoms with van der Waals surface area (Å²) < 4.78 is 51.0. The van der Waals surface area contributed by atoms with Gasteiger partial charge in [-0.2, -0.15) is 13.2 Å². The van der Waals surface area contributed by atoms with Crippen LogP contribution in [0.5, 0.6) is 5.75 Å². The second-order valence-corrected chi connectivity index (χ2v) is 4.25. The lowest BCUT2D eigenvalue weighted by atomic mass is 10.0. The van der Waals surface area contributed by atoms with Crippen molar-refractivity contribution in [2.24, 2.45) is 0 Å². The van der Waals surface area contributed by atoms with Crippen LogP contribution in [-0.4, -0.2) is 5.11 Å². The molecule has 0 bridgehead atoms. The van der Waals surface area contributed by atoms with Crippen molar-refractivity contribution in [1.82, 2.24) is 0 Å². The minimum absolute atomic E-state index is 0.0204. The zero-order chi connectivity index (χ0) is 14.2. The monoisotopic (exact) mass is 270 g/mol. The summed E-state index contributed by atoms with van der Waals surface area (Å²) in [4.78, 5) is 0. The second-order valence-electron chi connectivity index (χ2n) is 4.25. The second kappa shape index (κ2) is 4.57. The first-order chi connectivity index (χ1) is 8.77. The molecule has 0 saturated carbocycles. The molecule has 1 N–H and O–H groups in total. The molecule has 0 radical (unpaired) electrons. The van der Waals surface area contributed by atoms with Gasteiger partial charge in [0.25, 0.3) is 0 Å². The molecular formula is C14H10F4O. The number of aryl methyl sites for hydroxylation is 1. The molecule has 0 aliphatic heterocycles. The lowest BCUT2D eigenvalue weighted by molar-refractivity contribution is -0.137. The third kappa shape index (κ3) is 2.86. The van der Waals surface area contributed by atoms with E-state index in [9.17, 15) is 22.7 Å². The Hall–Kier alpha value is -2.04. The highest BCUT2D eigenvalue weighted by Crippen LogP contribution is 2.33. The Kier molecular flexibility index (Phi) is 3.22. The van der Waals surface area contributed by atoms with Crippen molar-refractivity contribution in [3.05, 3.63) is 53.3 Å². The summed E-state index contributed by atoms with van der Waals surface area (Å²) in [7, 11) is 0. The number of alkyl halides is 3. The molecule has 0 saturated heterocycles. The molecule has 0 aliphatic carbocycles. The molecule has 0 aromatic heterocycles. The van der Waals surface area contributed by atoms with Crippen molar-refractivity contribution in [2.45, 2.75) is 13.1 Å². The van der Waals surface area contributed by atoms with Gasteiger partial charge in [0.1, 0.15) is 11.6 Å². The molecule has 0 amide bonds. The summed E-state index contributed by atoms with van der Waals surface area (Å²) in [5, 5.41) is 9.43. The lowest BCUT2D eigenvalue weighted by Crippen LogP contribution is -2.05. The van der Waals surface area contributed by atoms with Crippen LogP contribution in [0, 0.1) is 12.7 Å². The third-order valence-electron chi connectivity index (χ3n) is 2.67. The van der Waals surface area contributed by atoms with Crippen LogP contribution in [0.25, 0.3) is 11.1 Å². The molecule has 1 nitrogen and oxygen atoms in total. The summed E-state index contributed by atoms with van der Waals surface area (Å²) in [5.41, 5.74) is 0.00986. The number of hydrogen-bond donors (Lipinski definition) is 1. The van der Waals surface area contributed by atoms with E-state index in [0.29, 0.717) is 17.2 Å². The van der Waals surface area contributed by atoms with Crippen LogP contribution in [0.1, 0.15) is 11.1 Å². The van der Waals surface area contributed by atoms with E-state index in [4.69, 9.17) is 0 Å². The highest BCUT2D eigenvalue weighted by Gasteiger charge is 2.31. The van der Waals surface area contributed by atoms with E-state index >= 15 is 0 Å². The number of rotatable bonds is 1. The van der Waals surface area contributed by atoms with Crippen molar-refractivity contribution in [1.29, 1.82) is 0 Å². The number of benzene rings is 2. The molecule has 100 valence electrons. The van der Waals surface area contributed by atoms with Crippen molar-refractivity contribution in [2.75, 3.05) is 0 Å². The van der Waals surface area contributed by atoms with Crippen LogP contribution in [-0.2, 0) is 6.18 Å². The van der Waals surface area contributed by atoms with Gasteiger partial charge in [-0.1, -0.05) is 12.1 Å². The number of aromatic hydroxyl groups is 1. The average molecular weight is 270 g/mol. The maximum absolute atomic E-state index is 13.7. The molecule has 2 aromatic rings. The quantitative estimate of drug-likeness (QED) is 0.755. The van der Waals surface area contributed by atoms with Gasteiger partial charge in [0.05, 0.1) is 5.56 Å². The van der Waals surface area contributed by atoms with E-state index in [1.54, 1.807) is 13.0 Å². The van der Waals surface area contributed by atoms with Gasteiger partial charge in [-0.25, -0.2) is 4.39 Å². The molecule has 5 heteroatoms. The Balaban J connectivity index is 2.52. The molecule has 2 rings (SSSR count). The lowest BCUT2D eigenvalue weighted by Gasteiger charge is -2.10. The van der Waals surface area contributed by atoms with Gasteiger partial charge in [-0.15, -0.1) is 0 Å². The molecule has 0 unspecified atom stereocenters. The number of hydrogen-bond acceptors (Lipinski definition) is 1. The molecule has 0 spiro atoms. The van der Waals surface area contributed by atoms with Gasteiger partial charge >= 0.3 is 6.18 Å². The predicted octanol–water partition coefficient (Wildman–Crippen LogP) is 4.53. The van der Waals surface area contributed by atoms with Crippen molar-refractivity contribution >= 4 is 0 Å². The predicted molar refractivity (Wildman–Crippen MR) is 63.2 cm³/mol. The highest BCUT2D eigenvalue weighted by molar-refractivity contribution is 5.67. The summed E-state index contributed by atoms with van der Waals surface area (Å²) in [5.74, 6) is -1.03. The van der Waals surface area contributed by atoms with E-state index in [0.717, 1.165) is 12.1 Å². The first kappa shape index (κ1) is 13.4. The van der Waals surface area contributed by atoms with Crippen LogP contribution < -0.4 is 0 Å². The van der Waals surface area contributed by atoms with Gasteiger partial charge in [0.2, 0.25) is 0 Å². The highest BCUT2D eigenvalue weighted by atomic mass is 19.4. The summed E-state index contributed by atoms with van der Waals surface area (Å²) in [6.45, 7) is 1.70. The topological polar surface area (TPSA) is 20.2 Å². The molecule has 0 atom stereocenters. The van der Waals surface area contributed by atoms with Gasteiger partial charge in [0.15, 0.2) is 0 Å². The third-order valence-corrected chi connectivity index (χ3v) is 2.67. The molecule has 0 fully saturated rings. The van der Waals surface area contributed by atoms with Crippen molar-refractivity contribution in [3.8, 4) is 16.9 Å². The number of halogens is 4. The van der Waals surface area contributed by atoms with Crippen molar-refractivity contribution < 1.29 is 22.7 Å². The summed E-state index contributed by atoms with van der Waals surface area (Å²) >= 11 is 0. The standard InChI is InChI=1S/C14H10F4O/c1-8-4-9(6-11(19)5-8)12-3-2-10(7-13(12)15)14(16,17)18/h2-7,19H,1H3. The van der Waals surface area contributed by atoms with E-state index in [2.05, 4.69) is 0 Å². The zero-order valence-corrected chi connectivity index (χ0v) is 9.92. The Morgan fingerprint density at radius 2 is 1.68 bits per heavy atom. The Morgan fingerprint density at radius 3 is 2.21 bits per heavy atom. The van der Waals surface area contributed by atoms with Crippen LogP contribution >= 0.6 is 0 Å². The fraction of sp³-hybridized carbons (Fsp3) is 0.143. The van der Waals surface area contributed by atoms with Crippen LogP contribution in [0.15, 0.2) is 36.4 Å². The largest absolute Gasteiger partial charge is 0.508 e. The normalized spacial score (nSPS) is 11.6. The first-order valence-electron chi connectivity index (χ1n) is 5.45. The Morgan fingerprint density at radius 1 is 1.00 bits per heavy atom. The summed E-state index contributed by atoms with van der Waals surface area (Å²) in [6.07, 6.45) is -4.58. The maximum atomic E-state index is 13.7. The smallest absolute Gasteiger partial charge is 0.416 e. The summed E-state index contributed by atoms with van der Waals surface area (Å²) in [6, 6.07) is 6.70. The Bertz CT molecular complexity index is 597. The minimum atomic E-state index is -4.58. The van der Waals surface area contributed by atoms with Gasteiger partial charge in [-0.05, 0) is 42.3 Å². The van der Waals surface area contributed by atoms with Crippen LogP contribution in [0.2, 0.25) is 0 Å². The Labute approximate surface area is 107 Å². The molecular weight excluding hydrogens is 260 g/mol. The molecule has 2 aromatic carbocycles. The van der Waals surface area contributed by atoms with Crippen LogP contribution in [0.4, 0.5) is 17.6 Å². The fourth-order valence-electron chi connectivity index (χ4n) is 1.84. The van der Waals surface area contributed by atoms with E-state index < -0.39 is 17.6 Å². The maximum Gasteiger partial charge on any atom is 0.416 e. The fourth-order valence-corrected chi connectivity index (χ4v) is 1.84. The SMILES string of the molecule is Cc1cc(O)cc(-c2ccc(C(F)(F)F)cc2F)c1. The molecule has 0 aliphatic rings. The number of phenolic OH excluding ortho intramolecular Hbond substituents is 1. The molecule has 19 heavy (non-hydrogen) atoms. The van der Waals surface area contributed by atoms with E-state index in [-0.39, 0.29) is 11.3 Å². The first-order valence-corrected chi connectivity index (χ1v) is 5.45. The van der Waals surface area contributed by atoms with E-state index in [1.807, 2.05) is 0 Å².